The van der Waals surface area contributed by atoms with E-state index in [1.54, 1.807) is 18.2 Å². The van der Waals surface area contributed by atoms with Gasteiger partial charge in [0.2, 0.25) is 0 Å². The Kier molecular flexibility index (Phi) is 5.47. The smallest absolute Gasteiger partial charge is 0.165 e. The van der Waals surface area contributed by atoms with Gasteiger partial charge in [0.25, 0.3) is 0 Å². The predicted octanol–water partition coefficient (Wildman–Crippen LogP) is 6.77. The van der Waals surface area contributed by atoms with Crippen LogP contribution in [0.1, 0.15) is 49.3 Å². The van der Waals surface area contributed by atoms with Crippen molar-refractivity contribution in [2.45, 2.75) is 44.7 Å². The maximum atomic E-state index is 16.0. The summed E-state index contributed by atoms with van der Waals surface area (Å²) in [6.07, 6.45) is 10.4. The van der Waals surface area contributed by atoms with Crippen LogP contribution in [-0.2, 0) is 12.1 Å². The second-order valence-electron chi connectivity index (χ2n) is 6.67. The van der Waals surface area contributed by atoms with Crippen LogP contribution >= 0.6 is 0 Å². The van der Waals surface area contributed by atoms with Crippen molar-refractivity contribution in [1.82, 2.24) is 0 Å². The molecule has 1 aliphatic rings. The number of benzene rings is 2. The number of hydrogen-bond acceptors (Lipinski definition) is 0. The molecule has 3 rings (SSSR count). The molecule has 0 nitrogen and oxygen atoms in total. The van der Waals surface area contributed by atoms with E-state index < -0.39 is 5.67 Å². The fourth-order valence-electron chi connectivity index (χ4n) is 3.38. The zero-order valence-corrected chi connectivity index (χ0v) is 14.6. The zero-order chi connectivity index (χ0) is 17.7. The molecular weight excluding hydrogens is 314 g/mol. The highest BCUT2D eigenvalue weighted by atomic mass is 19.1. The Morgan fingerprint density at radius 1 is 0.960 bits per heavy atom. The average molecular weight is 338 g/mol. The van der Waals surface area contributed by atoms with Gasteiger partial charge in [0, 0.05) is 12.0 Å². The SMILES string of the molecule is CCCCCc1ccc(C2(F)CC=CC=C2c2ccc(F)cc2)cc1. The van der Waals surface area contributed by atoms with Gasteiger partial charge in [0.15, 0.2) is 5.67 Å². The lowest BCUT2D eigenvalue weighted by Gasteiger charge is -2.30. The van der Waals surface area contributed by atoms with Crippen molar-refractivity contribution in [2.75, 3.05) is 0 Å². The standard InChI is InChI=1S/C23H24F2/c1-2-3-4-7-18-9-13-20(14-10-18)23(25)17-6-5-8-22(23)19-11-15-21(24)16-12-19/h5-6,8-16H,2-4,7,17H2,1H3. The van der Waals surface area contributed by atoms with E-state index in [4.69, 9.17) is 0 Å². The summed E-state index contributed by atoms with van der Waals surface area (Å²) in [5.41, 5.74) is 1.65. The molecule has 0 fully saturated rings. The van der Waals surface area contributed by atoms with Crippen LogP contribution in [0.25, 0.3) is 5.57 Å². The summed E-state index contributed by atoms with van der Waals surface area (Å²) in [7, 11) is 0. The van der Waals surface area contributed by atoms with E-state index in [9.17, 15) is 4.39 Å². The van der Waals surface area contributed by atoms with E-state index in [0.717, 1.165) is 12.0 Å². The number of unbranched alkanes of at least 4 members (excludes halogenated alkanes) is 2. The van der Waals surface area contributed by atoms with Gasteiger partial charge in [-0.25, -0.2) is 8.78 Å². The second kappa shape index (κ2) is 7.77. The third kappa shape index (κ3) is 3.89. The monoisotopic (exact) mass is 338 g/mol. The van der Waals surface area contributed by atoms with Gasteiger partial charge in [0.1, 0.15) is 5.82 Å². The van der Waals surface area contributed by atoms with Crippen molar-refractivity contribution < 1.29 is 8.78 Å². The van der Waals surface area contributed by atoms with E-state index in [2.05, 4.69) is 6.92 Å². The minimum Gasteiger partial charge on any atom is -0.233 e. The fraction of sp³-hybridized carbons (Fsp3) is 0.304. The van der Waals surface area contributed by atoms with Crippen LogP contribution in [0.5, 0.6) is 0 Å². The number of allylic oxidation sites excluding steroid dienone is 4. The van der Waals surface area contributed by atoms with Gasteiger partial charge in [-0.2, -0.15) is 0 Å². The number of aryl methyl sites for hydroxylation is 1. The Bertz CT molecular complexity index is 754. The second-order valence-corrected chi connectivity index (χ2v) is 6.67. The third-order valence-electron chi connectivity index (χ3n) is 4.86. The molecular formula is C23H24F2. The van der Waals surface area contributed by atoms with Crippen molar-refractivity contribution in [3.63, 3.8) is 0 Å². The summed E-state index contributed by atoms with van der Waals surface area (Å²) in [5.74, 6) is -0.309. The first kappa shape index (κ1) is 17.6. The molecule has 0 saturated carbocycles. The lowest BCUT2D eigenvalue weighted by atomic mass is 9.79. The molecule has 1 atom stereocenters. The maximum Gasteiger partial charge on any atom is 0.165 e. The minimum absolute atomic E-state index is 0.297. The Balaban J connectivity index is 1.87. The molecule has 0 heterocycles. The van der Waals surface area contributed by atoms with Crippen molar-refractivity contribution in [3.8, 4) is 0 Å². The Morgan fingerprint density at radius 3 is 2.36 bits per heavy atom. The number of halogens is 2. The molecule has 0 radical (unpaired) electrons. The molecule has 0 saturated heterocycles. The summed E-state index contributed by atoms with van der Waals surface area (Å²) in [4.78, 5) is 0. The van der Waals surface area contributed by atoms with E-state index in [1.165, 1.54) is 37.0 Å². The quantitative estimate of drug-likeness (QED) is 0.510. The first-order valence-corrected chi connectivity index (χ1v) is 9.05. The Hall–Kier alpha value is -2.22. The molecule has 0 N–H and O–H groups in total. The maximum absolute atomic E-state index is 16.0. The first-order chi connectivity index (χ1) is 12.1. The van der Waals surface area contributed by atoms with Crippen LogP contribution in [0.2, 0.25) is 0 Å². The summed E-state index contributed by atoms with van der Waals surface area (Å²) < 4.78 is 29.2. The van der Waals surface area contributed by atoms with E-state index >= 15 is 4.39 Å². The molecule has 1 unspecified atom stereocenters. The summed E-state index contributed by atoms with van der Waals surface area (Å²) in [6.45, 7) is 2.19. The highest BCUT2D eigenvalue weighted by molar-refractivity contribution is 5.76. The summed E-state index contributed by atoms with van der Waals surface area (Å²) in [5, 5.41) is 0. The Labute approximate surface area is 148 Å². The van der Waals surface area contributed by atoms with Gasteiger partial charge >= 0.3 is 0 Å². The molecule has 25 heavy (non-hydrogen) atoms. The van der Waals surface area contributed by atoms with Crippen LogP contribution in [-0.4, -0.2) is 0 Å². The molecule has 130 valence electrons. The Morgan fingerprint density at radius 2 is 1.68 bits per heavy atom. The molecule has 0 spiro atoms. The van der Waals surface area contributed by atoms with Gasteiger partial charge in [-0.15, -0.1) is 0 Å². The van der Waals surface area contributed by atoms with E-state index in [0.29, 0.717) is 17.6 Å². The topological polar surface area (TPSA) is 0 Å². The molecule has 0 bridgehead atoms. The van der Waals surface area contributed by atoms with Crippen molar-refractivity contribution in [2.24, 2.45) is 0 Å². The van der Waals surface area contributed by atoms with Crippen LogP contribution in [0.15, 0.2) is 66.8 Å². The van der Waals surface area contributed by atoms with Crippen LogP contribution < -0.4 is 0 Å². The largest absolute Gasteiger partial charge is 0.233 e. The van der Waals surface area contributed by atoms with Gasteiger partial charge < -0.3 is 0 Å². The van der Waals surface area contributed by atoms with Crippen molar-refractivity contribution in [3.05, 3.63) is 89.3 Å². The van der Waals surface area contributed by atoms with Crippen molar-refractivity contribution >= 4 is 5.57 Å². The van der Waals surface area contributed by atoms with Crippen LogP contribution in [0, 0.1) is 5.82 Å². The lowest BCUT2D eigenvalue weighted by molar-refractivity contribution is 0.249. The molecule has 2 heteroatoms. The molecule has 0 aliphatic heterocycles. The highest BCUT2D eigenvalue weighted by Crippen LogP contribution is 2.45. The summed E-state index contributed by atoms with van der Waals surface area (Å²) >= 11 is 0. The molecule has 0 amide bonds. The normalized spacial score (nSPS) is 19.7. The molecule has 0 aromatic heterocycles. The third-order valence-corrected chi connectivity index (χ3v) is 4.86. The number of hydrogen-bond donors (Lipinski definition) is 0. The molecule has 2 aromatic carbocycles. The zero-order valence-electron chi connectivity index (χ0n) is 14.6. The van der Waals surface area contributed by atoms with Crippen molar-refractivity contribution in [1.29, 1.82) is 0 Å². The van der Waals surface area contributed by atoms with Gasteiger partial charge in [-0.3, -0.25) is 0 Å². The predicted molar refractivity (Wildman–Crippen MR) is 101 cm³/mol. The van der Waals surface area contributed by atoms with Crippen LogP contribution in [0.3, 0.4) is 0 Å². The fourth-order valence-corrected chi connectivity index (χ4v) is 3.38. The summed E-state index contributed by atoms with van der Waals surface area (Å²) in [6, 6.07) is 13.9. The number of alkyl halides is 1. The lowest BCUT2D eigenvalue weighted by Crippen LogP contribution is -2.23. The van der Waals surface area contributed by atoms with E-state index in [-0.39, 0.29) is 5.82 Å². The minimum atomic E-state index is -1.57. The molecule has 2 aromatic rings. The molecule has 1 aliphatic carbocycles. The van der Waals surface area contributed by atoms with E-state index in [1.807, 2.05) is 36.4 Å². The average Bonchev–Trinajstić information content (AvgIpc) is 2.64. The number of rotatable bonds is 6. The first-order valence-electron chi connectivity index (χ1n) is 9.05. The van der Waals surface area contributed by atoms with Gasteiger partial charge in [-0.05, 0) is 41.7 Å². The van der Waals surface area contributed by atoms with Gasteiger partial charge in [-0.1, -0.05) is 74.4 Å². The highest BCUT2D eigenvalue weighted by Gasteiger charge is 2.37. The van der Waals surface area contributed by atoms with Crippen LogP contribution in [0.4, 0.5) is 8.78 Å². The van der Waals surface area contributed by atoms with Gasteiger partial charge in [0.05, 0.1) is 0 Å².